The van der Waals surface area contributed by atoms with Crippen molar-refractivity contribution in [2.24, 2.45) is 0 Å². The van der Waals surface area contributed by atoms with Crippen LogP contribution in [0, 0.1) is 11.3 Å². The second-order valence-corrected chi connectivity index (χ2v) is 5.58. The largest absolute Gasteiger partial charge is 0.497 e. The van der Waals surface area contributed by atoms with Crippen LogP contribution >= 0.6 is 0 Å². The Labute approximate surface area is 156 Å². The second-order valence-electron chi connectivity index (χ2n) is 5.58. The van der Waals surface area contributed by atoms with Gasteiger partial charge < -0.3 is 15.4 Å². The van der Waals surface area contributed by atoms with E-state index in [1.807, 2.05) is 24.3 Å². The zero-order valence-corrected chi connectivity index (χ0v) is 14.6. The number of hydrogen-bond donors (Lipinski definition) is 2. The number of methoxy groups -OCH3 is 1. The highest BCUT2D eigenvalue weighted by atomic mass is 16.5. The first-order valence-electron chi connectivity index (χ1n) is 8.20. The summed E-state index contributed by atoms with van der Waals surface area (Å²) < 4.78 is 5.11. The maximum atomic E-state index is 12.4. The number of anilines is 2. The van der Waals surface area contributed by atoms with Crippen molar-refractivity contribution in [2.75, 3.05) is 12.4 Å². The average Bonchev–Trinajstić information content (AvgIpc) is 2.73. The van der Waals surface area contributed by atoms with Crippen molar-refractivity contribution in [3.05, 3.63) is 77.6 Å². The van der Waals surface area contributed by atoms with Crippen LogP contribution in [0.4, 0.5) is 11.6 Å². The highest BCUT2D eigenvalue weighted by Crippen LogP contribution is 2.17. The van der Waals surface area contributed by atoms with Crippen LogP contribution in [0.15, 0.2) is 60.8 Å². The molecule has 0 saturated heterocycles. The van der Waals surface area contributed by atoms with Gasteiger partial charge in [-0.2, -0.15) is 5.26 Å². The van der Waals surface area contributed by atoms with Crippen LogP contribution in [0.25, 0.3) is 0 Å². The van der Waals surface area contributed by atoms with Gasteiger partial charge >= 0.3 is 0 Å². The summed E-state index contributed by atoms with van der Waals surface area (Å²) in [5.41, 5.74) is 2.22. The molecule has 0 aliphatic heterocycles. The maximum absolute atomic E-state index is 12.4. The number of carbonyl (C=O) groups is 1. The minimum absolute atomic E-state index is 0.232. The number of rotatable bonds is 6. The summed E-state index contributed by atoms with van der Waals surface area (Å²) in [6.07, 6.45) is 1.49. The van der Waals surface area contributed by atoms with Gasteiger partial charge in [0.15, 0.2) is 0 Å². The molecule has 7 nitrogen and oxygen atoms in total. The quantitative estimate of drug-likeness (QED) is 0.702. The molecule has 0 aliphatic rings. The van der Waals surface area contributed by atoms with Crippen LogP contribution in [0.1, 0.15) is 21.6 Å². The normalized spacial score (nSPS) is 9.93. The van der Waals surface area contributed by atoms with Crippen LogP contribution in [-0.4, -0.2) is 23.0 Å². The fourth-order valence-corrected chi connectivity index (χ4v) is 2.37. The molecular weight excluding hydrogens is 342 g/mol. The number of para-hydroxylation sites is 1. The lowest BCUT2D eigenvalue weighted by Crippen LogP contribution is -2.24. The first kappa shape index (κ1) is 17.9. The van der Waals surface area contributed by atoms with E-state index in [0.717, 1.165) is 11.3 Å². The van der Waals surface area contributed by atoms with Gasteiger partial charge in [0.2, 0.25) is 5.95 Å². The number of carbonyl (C=O) groups excluding carboxylic acids is 1. The average molecular weight is 359 g/mol. The fraction of sp³-hybridized carbons (Fsp3) is 0.100. The predicted octanol–water partition coefficient (Wildman–Crippen LogP) is 3.03. The van der Waals surface area contributed by atoms with Gasteiger partial charge in [0, 0.05) is 12.7 Å². The molecule has 0 radical (unpaired) electrons. The summed E-state index contributed by atoms with van der Waals surface area (Å²) in [6.45, 7) is 0.368. The number of aromatic nitrogens is 2. The van der Waals surface area contributed by atoms with E-state index in [-0.39, 0.29) is 17.5 Å². The molecule has 1 aromatic heterocycles. The van der Waals surface area contributed by atoms with Crippen molar-refractivity contribution in [3.63, 3.8) is 0 Å². The molecule has 0 saturated carbocycles. The molecule has 2 N–H and O–H groups in total. The van der Waals surface area contributed by atoms with Gasteiger partial charge in [0.05, 0.1) is 18.4 Å². The monoisotopic (exact) mass is 359 g/mol. The smallest absolute Gasteiger partial charge is 0.270 e. The van der Waals surface area contributed by atoms with Gasteiger partial charge in [-0.15, -0.1) is 0 Å². The Balaban J connectivity index is 1.67. The van der Waals surface area contributed by atoms with E-state index in [1.54, 1.807) is 31.4 Å². The van der Waals surface area contributed by atoms with Crippen molar-refractivity contribution in [2.45, 2.75) is 6.54 Å². The van der Waals surface area contributed by atoms with E-state index in [2.05, 4.69) is 26.7 Å². The maximum Gasteiger partial charge on any atom is 0.270 e. The zero-order valence-electron chi connectivity index (χ0n) is 14.6. The number of nitrogens with zero attached hydrogens (tertiary/aromatic N) is 3. The third-order valence-corrected chi connectivity index (χ3v) is 3.79. The standard InChI is InChI=1S/C20H17N5O2/c1-27-16-8-6-14(7-9-16)13-23-19(26)18-10-11-22-20(25-18)24-17-5-3-2-4-15(17)12-21/h2-11H,13H2,1H3,(H,23,26)(H,22,24,25). The van der Waals surface area contributed by atoms with Crippen molar-refractivity contribution >= 4 is 17.5 Å². The molecule has 3 aromatic rings. The molecule has 1 amide bonds. The number of benzene rings is 2. The summed E-state index contributed by atoms with van der Waals surface area (Å²) in [5, 5.41) is 14.9. The van der Waals surface area contributed by atoms with E-state index < -0.39 is 0 Å². The van der Waals surface area contributed by atoms with Gasteiger partial charge in [-0.1, -0.05) is 24.3 Å². The van der Waals surface area contributed by atoms with E-state index >= 15 is 0 Å². The minimum Gasteiger partial charge on any atom is -0.497 e. The number of hydrogen-bond acceptors (Lipinski definition) is 6. The Morgan fingerprint density at radius 3 is 2.67 bits per heavy atom. The van der Waals surface area contributed by atoms with E-state index in [1.165, 1.54) is 12.3 Å². The van der Waals surface area contributed by atoms with E-state index in [9.17, 15) is 4.79 Å². The fourth-order valence-electron chi connectivity index (χ4n) is 2.37. The minimum atomic E-state index is -0.315. The molecule has 0 bridgehead atoms. The Hall–Kier alpha value is -3.92. The third-order valence-electron chi connectivity index (χ3n) is 3.79. The molecule has 3 rings (SSSR count). The van der Waals surface area contributed by atoms with Gasteiger partial charge in [0.25, 0.3) is 5.91 Å². The number of amides is 1. The Bertz CT molecular complexity index is 980. The zero-order chi connectivity index (χ0) is 19.1. The molecule has 0 fully saturated rings. The Kier molecular flexibility index (Phi) is 5.60. The van der Waals surface area contributed by atoms with Gasteiger partial charge in [0.1, 0.15) is 17.5 Å². The van der Waals surface area contributed by atoms with Gasteiger partial charge in [-0.3, -0.25) is 4.79 Å². The first-order valence-corrected chi connectivity index (χ1v) is 8.20. The Morgan fingerprint density at radius 2 is 1.93 bits per heavy atom. The molecular formula is C20H17N5O2. The molecule has 7 heteroatoms. The number of nitrogens with one attached hydrogen (secondary N) is 2. The lowest BCUT2D eigenvalue weighted by atomic mass is 10.2. The van der Waals surface area contributed by atoms with E-state index in [0.29, 0.717) is 17.8 Å². The van der Waals surface area contributed by atoms with Gasteiger partial charge in [-0.05, 0) is 35.9 Å². The van der Waals surface area contributed by atoms with Crippen LogP contribution in [0.2, 0.25) is 0 Å². The molecule has 2 aromatic carbocycles. The van der Waals surface area contributed by atoms with Crippen LogP contribution < -0.4 is 15.4 Å². The topological polar surface area (TPSA) is 99.9 Å². The van der Waals surface area contributed by atoms with Crippen molar-refractivity contribution in [1.82, 2.24) is 15.3 Å². The summed E-state index contributed by atoms with van der Waals surface area (Å²) in [5.74, 6) is 0.689. The molecule has 0 spiro atoms. The molecule has 0 unspecified atom stereocenters. The Morgan fingerprint density at radius 1 is 1.15 bits per heavy atom. The molecule has 134 valence electrons. The van der Waals surface area contributed by atoms with Crippen molar-refractivity contribution in [1.29, 1.82) is 5.26 Å². The van der Waals surface area contributed by atoms with Crippen LogP contribution in [0.3, 0.4) is 0 Å². The van der Waals surface area contributed by atoms with Crippen LogP contribution in [-0.2, 0) is 6.54 Å². The summed E-state index contributed by atoms with van der Waals surface area (Å²) in [6, 6.07) is 18.1. The SMILES string of the molecule is COc1ccc(CNC(=O)c2ccnc(Nc3ccccc3C#N)n2)cc1. The molecule has 0 aliphatic carbocycles. The predicted molar refractivity (Wildman–Crippen MR) is 101 cm³/mol. The molecule has 27 heavy (non-hydrogen) atoms. The highest BCUT2D eigenvalue weighted by Gasteiger charge is 2.10. The second kappa shape index (κ2) is 8.45. The lowest BCUT2D eigenvalue weighted by Gasteiger charge is -2.09. The van der Waals surface area contributed by atoms with Crippen LogP contribution in [0.5, 0.6) is 5.75 Å². The van der Waals surface area contributed by atoms with Gasteiger partial charge in [-0.25, -0.2) is 9.97 Å². The summed E-state index contributed by atoms with van der Waals surface area (Å²) in [4.78, 5) is 20.7. The van der Waals surface area contributed by atoms with Crippen molar-refractivity contribution in [3.8, 4) is 11.8 Å². The summed E-state index contributed by atoms with van der Waals surface area (Å²) in [7, 11) is 1.60. The lowest BCUT2D eigenvalue weighted by molar-refractivity contribution is 0.0946. The van der Waals surface area contributed by atoms with E-state index in [4.69, 9.17) is 10.00 Å². The molecule has 0 atom stereocenters. The number of ether oxygens (including phenoxy) is 1. The third kappa shape index (κ3) is 4.58. The number of nitriles is 1. The summed E-state index contributed by atoms with van der Waals surface area (Å²) >= 11 is 0. The molecule has 1 heterocycles. The first-order chi connectivity index (χ1) is 13.2. The highest BCUT2D eigenvalue weighted by molar-refractivity contribution is 5.92. The van der Waals surface area contributed by atoms with Crippen molar-refractivity contribution < 1.29 is 9.53 Å².